The van der Waals surface area contributed by atoms with Crippen molar-refractivity contribution in [1.29, 1.82) is 0 Å². The molecule has 3 aromatic heterocycles. The summed E-state index contributed by atoms with van der Waals surface area (Å²) in [5, 5.41) is 4.89. The lowest BCUT2D eigenvalue weighted by Crippen LogP contribution is -2.49. The average Bonchev–Trinajstić information content (AvgIpc) is 3.13. The third kappa shape index (κ3) is 3.57. The Labute approximate surface area is 171 Å². The van der Waals surface area contributed by atoms with Crippen molar-refractivity contribution in [3.05, 3.63) is 53.1 Å². The van der Waals surface area contributed by atoms with Gasteiger partial charge in [-0.05, 0) is 26.0 Å². The number of pyridine rings is 1. The number of aromatic nitrogens is 4. The second kappa shape index (κ2) is 7.13. The van der Waals surface area contributed by atoms with E-state index < -0.39 is 0 Å². The Morgan fingerprint density at radius 3 is 2.45 bits per heavy atom. The van der Waals surface area contributed by atoms with Crippen LogP contribution in [0.3, 0.4) is 0 Å². The molecule has 1 aliphatic heterocycles. The van der Waals surface area contributed by atoms with Gasteiger partial charge in [0.15, 0.2) is 5.65 Å². The molecule has 1 aliphatic rings. The summed E-state index contributed by atoms with van der Waals surface area (Å²) in [5.41, 5.74) is 4.65. The van der Waals surface area contributed by atoms with Crippen LogP contribution in [0.1, 0.15) is 48.1 Å². The van der Waals surface area contributed by atoms with Crippen molar-refractivity contribution in [2.45, 2.75) is 40.0 Å². The Balaban J connectivity index is 1.62. The zero-order chi connectivity index (χ0) is 20.8. The van der Waals surface area contributed by atoms with E-state index in [1.165, 1.54) is 0 Å². The van der Waals surface area contributed by atoms with Crippen molar-refractivity contribution in [3.63, 3.8) is 0 Å². The van der Waals surface area contributed by atoms with Gasteiger partial charge in [0, 0.05) is 61.3 Å². The summed E-state index contributed by atoms with van der Waals surface area (Å²) in [6.07, 6.45) is 3.32. The molecule has 0 radical (unpaired) electrons. The van der Waals surface area contributed by atoms with Crippen LogP contribution in [0.5, 0.6) is 0 Å². The van der Waals surface area contributed by atoms with Crippen LogP contribution in [0, 0.1) is 13.8 Å². The largest absolute Gasteiger partial charge is 0.353 e. The molecule has 7 heteroatoms. The Kier molecular flexibility index (Phi) is 4.76. The first-order valence-corrected chi connectivity index (χ1v) is 10.1. The van der Waals surface area contributed by atoms with Gasteiger partial charge in [-0.15, -0.1) is 0 Å². The number of aryl methyl sites for hydroxylation is 1. The van der Waals surface area contributed by atoms with E-state index >= 15 is 0 Å². The number of hydrogen-bond donors (Lipinski definition) is 0. The van der Waals surface area contributed by atoms with E-state index in [9.17, 15) is 4.79 Å². The predicted molar refractivity (Wildman–Crippen MR) is 114 cm³/mol. The summed E-state index contributed by atoms with van der Waals surface area (Å²) in [5.74, 6) is 1.12. The summed E-state index contributed by atoms with van der Waals surface area (Å²) < 4.78 is 1.97. The molecule has 1 fully saturated rings. The topological polar surface area (TPSA) is 66.6 Å². The van der Waals surface area contributed by atoms with Crippen LogP contribution in [0.15, 0.2) is 30.6 Å². The molecule has 0 N–H and O–H groups in total. The van der Waals surface area contributed by atoms with Crippen LogP contribution >= 0.6 is 0 Å². The van der Waals surface area contributed by atoms with Crippen molar-refractivity contribution in [2.75, 3.05) is 31.1 Å². The Bertz CT molecular complexity index is 1040. The summed E-state index contributed by atoms with van der Waals surface area (Å²) in [7, 11) is 0. The van der Waals surface area contributed by atoms with Gasteiger partial charge in [-0.2, -0.15) is 9.61 Å². The van der Waals surface area contributed by atoms with Gasteiger partial charge in [0.25, 0.3) is 5.91 Å². The van der Waals surface area contributed by atoms with Crippen molar-refractivity contribution < 1.29 is 4.79 Å². The SMILES string of the molecule is Cc1nc2cc(C(C)(C)C)nn2c(N2CCN(C(=O)c3cccnc3)CC2)c1C. The summed E-state index contributed by atoms with van der Waals surface area (Å²) in [6.45, 7) is 13.5. The van der Waals surface area contributed by atoms with Crippen molar-refractivity contribution in [1.82, 2.24) is 24.5 Å². The maximum absolute atomic E-state index is 12.7. The van der Waals surface area contributed by atoms with Gasteiger partial charge >= 0.3 is 0 Å². The zero-order valence-corrected chi connectivity index (χ0v) is 17.8. The van der Waals surface area contributed by atoms with Gasteiger partial charge in [-0.1, -0.05) is 20.8 Å². The van der Waals surface area contributed by atoms with Crippen LogP contribution in [0.2, 0.25) is 0 Å². The van der Waals surface area contributed by atoms with Crippen LogP contribution in [-0.2, 0) is 5.41 Å². The minimum absolute atomic E-state index is 0.0401. The molecule has 0 unspecified atom stereocenters. The predicted octanol–water partition coefficient (Wildman–Crippen LogP) is 3.00. The van der Waals surface area contributed by atoms with Crippen LogP contribution in [-0.4, -0.2) is 56.6 Å². The van der Waals surface area contributed by atoms with Gasteiger partial charge in [-0.3, -0.25) is 9.78 Å². The number of hydrogen-bond acceptors (Lipinski definition) is 5. The molecule has 1 saturated heterocycles. The standard InChI is InChI=1S/C22H28N6O/c1-15-16(2)24-19-13-18(22(3,4)5)25-28(19)20(15)26-9-11-27(12-10-26)21(29)17-7-6-8-23-14-17/h6-8,13-14H,9-12H2,1-5H3. The number of amides is 1. The monoisotopic (exact) mass is 392 g/mol. The van der Waals surface area contributed by atoms with Crippen LogP contribution in [0.25, 0.3) is 5.65 Å². The van der Waals surface area contributed by atoms with Gasteiger partial charge in [-0.25, -0.2) is 4.98 Å². The van der Waals surface area contributed by atoms with Gasteiger partial charge in [0.05, 0.1) is 11.3 Å². The highest BCUT2D eigenvalue weighted by Crippen LogP contribution is 2.28. The molecule has 152 valence electrons. The normalized spacial score (nSPS) is 15.2. The van der Waals surface area contributed by atoms with Crippen LogP contribution in [0.4, 0.5) is 5.82 Å². The fraction of sp³-hybridized carbons (Fsp3) is 0.455. The van der Waals surface area contributed by atoms with E-state index in [0.29, 0.717) is 18.7 Å². The lowest BCUT2D eigenvalue weighted by atomic mass is 9.93. The molecule has 29 heavy (non-hydrogen) atoms. The third-order valence-electron chi connectivity index (χ3n) is 5.59. The number of anilines is 1. The molecule has 0 aromatic carbocycles. The summed E-state index contributed by atoms with van der Waals surface area (Å²) >= 11 is 0. The maximum Gasteiger partial charge on any atom is 0.255 e. The highest BCUT2D eigenvalue weighted by Gasteiger charge is 2.27. The number of carbonyl (C=O) groups is 1. The molecule has 0 atom stereocenters. The van der Waals surface area contributed by atoms with Gasteiger partial charge < -0.3 is 9.80 Å². The molecule has 7 nitrogen and oxygen atoms in total. The van der Waals surface area contributed by atoms with E-state index in [0.717, 1.165) is 41.5 Å². The fourth-order valence-corrected chi connectivity index (χ4v) is 3.71. The molecule has 0 spiro atoms. The number of piperazine rings is 1. The lowest BCUT2D eigenvalue weighted by Gasteiger charge is -2.36. The van der Waals surface area contributed by atoms with Gasteiger partial charge in [0.1, 0.15) is 5.82 Å². The number of carbonyl (C=O) groups excluding carboxylic acids is 1. The van der Waals surface area contributed by atoms with E-state index in [1.54, 1.807) is 18.5 Å². The van der Waals surface area contributed by atoms with Crippen molar-refractivity contribution in [3.8, 4) is 0 Å². The zero-order valence-electron chi connectivity index (χ0n) is 17.8. The minimum Gasteiger partial charge on any atom is -0.353 e. The third-order valence-corrected chi connectivity index (χ3v) is 5.59. The van der Waals surface area contributed by atoms with E-state index in [1.807, 2.05) is 22.4 Å². The molecule has 0 bridgehead atoms. The molecule has 1 amide bonds. The number of nitrogens with zero attached hydrogens (tertiary/aromatic N) is 6. The summed E-state index contributed by atoms with van der Waals surface area (Å²) in [4.78, 5) is 25.8. The second-order valence-electron chi connectivity index (χ2n) is 8.72. The second-order valence-corrected chi connectivity index (χ2v) is 8.72. The smallest absolute Gasteiger partial charge is 0.255 e. The molecule has 3 aromatic rings. The molecule has 0 aliphatic carbocycles. The van der Waals surface area contributed by atoms with E-state index in [4.69, 9.17) is 10.1 Å². The minimum atomic E-state index is -0.0401. The highest BCUT2D eigenvalue weighted by molar-refractivity contribution is 5.94. The van der Waals surface area contributed by atoms with E-state index in [2.05, 4.69) is 43.6 Å². The molecule has 0 saturated carbocycles. The molecular formula is C22H28N6O. The van der Waals surface area contributed by atoms with Crippen LogP contribution < -0.4 is 4.90 Å². The van der Waals surface area contributed by atoms with Crippen molar-refractivity contribution in [2.24, 2.45) is 0 Å². The number of fused-ring (bicyclic) bond motifs is 1. The molecule has 4 heterocycles. The average molecular weight is 393 g/mol. The Morgan fingerprint density at radius 1 is 1.10 bits per heavy atom. The maximum atomic E-state index is 12.7. The van der Waals surface area contributed by atoms with Crippen molar-refractivity contribution >= 4 is 17.4 Å². The molecule has 4 rings (SSSR count). The fourth-order valence-electron chi connectivity index (χ4n) is 3.71. The first-order chi connectivity index (χ1) is 13.8. The quantitative estimate of drug-likeness (QED) is 0.671. The van der Waals surface area contributed by atoms with E-state index in [-0.39, 0.29) is 11.3 Å². The Hall–Kier alpha value is -2.96. The first-order valence-electron chi connectivity index (χ1n) is 10.1. The first kappa shape index (κ1) is 19.4. The van der Waals surface area contributed by atoms with Gasteiger partial charge in [0.2, 0.25) is 0 Å². The Morgan fingerprint density at radius 2 is 1.83 bits per heavy atom. The highest BCUT2D eigenvalue weighted by atomic mass is 16.2. The lowest BCUT2D eigenvalue weighted by molar-refractivity contribution is 0.0746. The molecular weight excluding hydrogens is 364 g/mol. The summed E-state index contributed by atoms with van der Waals surface area (Å²) in [6, 6.07) is 5.70. The number of rotatable bonds is 2.